The van der Waals surface area contributed by atoms with E-state index in [0.29, 0.717) is 13.2 Å². The first kappa shape index (κ1) is 35.4. The van der Waals surface area contributed by atoms with Crippen LogP contribution in [0.15, 0.2) is 65.6 Å². The number of carbonyl (C=O) groups excluding carboxylic acids is 2. The average molecular weight is 605 g/mol. The molecule has 2 aromatic rings. The number of methoxy groups -OCH3 is 1. The molecule has 0 radical (unpaired) electrons. The largest absolute Gasteiger partial charge is 0.390 e. The molecular formula is C31H48N4O6S. The lowest BCUT2D eigenvalue weighted by molar-refractivity contribution is -0.149. The molecule has 0 aliphatic rings. The van der Waals surface area contributed by atoms with Crippen molar-refractivity contribution in [3.63, 3.8) is 0 Å². The molecule has 0 heterocycles. The smallest absolute Gasteiger partial charge is 0.252 e. The molecule has 0 spiro atoms. The van der Waals surface area contributed by atoms with E-state index < -0.39 is 33.3 Å². The van der Waals surface area contributed by atoms with Crippen molar-refractivity contribution in [2.24, 2.45) is 11.3 Å². The second-order valence-corrected chi connectivity index (χ2v) is 14.0. The standard InChI is InChI=1S/C31H48N4O6S/c1-23(2)30(42(39,40)25-15-11-8-12-16-25)33-21-27(36)26(19-24-13-9-7-10-14-24)35(29(38)20-31(3,4)5)34-28(37)22-32-17-18-41-6/h7-16,23,26-27,30,32-33,36H,17-22H2,1-6H3,(H,34,37)/t26-,27+,30?/m0/s1. The summed E-state index contributed by atoms with van der Waals surface area (Å²) >= 11 is 0. The molecule has 2 rings (SSSR count). The average Bonchev–Trinajstić information content (AvgIpc) is 2.92. The van der Waals surface area contributed by atoms with Crippen molar-refractivity contribution < 1.29 is 27.9 Å². The van der Waals surface area contributed by atoms with Gasteiger partial charge in [0, 0.05) is 26.6 Å². The van der Waals surface area contributed by atoms with Crippen LogP contribution < -0.4 is 16.1 Å². The fourth-order valence-corrected chi connectivity index (χ4v) is 6.37. The summed E-state index contributed by atoms with van der Waals surface area (Å²) in [5.41, 5.74) is 3.18. The Morgan fingerprint density at radius 2 is 1.60 bits per heavy atom. The fraction of sp³-hybridized carbons (Fsp3) is 0.548. The summed E-state index contributed by atoms with van der Waals surface area (Å²) in [5.74, 6) is -1.12. The number of benzene rings is 2. The molecule has 234 valence electrons. The predicted octanol–water partition coefficient (Wildman–Crippen LogP) is 2.54. The number of aliphatic hydroxyl groups is 1. The molecule has 0 bridgehead atoms. The molecule has 4 N–H and O–H groups in total. The molecule has 11 heteroatoms. The van der Waals surface area contributed by atoms with E-state index in [9.17, 15) is 23.1 Å². The monoisotopic (exact) mass is 604 g/mol. The molecule has 1 unspecified atom stereocenters. The van der Waals surface area contributed by atoms with Crippen molar-refractivity contribution in [1.82, 2.24) is 21.1 Å². The number of amides is 2. The summed E-state index contributed by atoms with van der Waals surface area (Å²) in [5, 5.41) is 17.8. The Morgan fingerprint density at radius 1 is 1.00 bits per heavy atom. The first-order valence-corrected chi connectivity index (χ1v) is 15.9. The summed E-state index contributed by atoms with van der Waals surface area (Å²) in [4.78, 5) is 26.7. The Balaban J connectivity index is 2.38. The second kappa shape index (κ2) is 16.7. The van der Waals surface area contributed by atoms with Crippen molar-refractivity contribution in [1.29, 1.82) is 0 Å². The highest BCUT2D eigenvalue weighted by Gasteiger charge is 2.36. The van der Waals surface area contributed by atoms with Crippen LogP contribution in [0.4, 0.5) is 0 Å². The van der Waals surface area contributed by atoms with E-state index in [2.05, 4.69) is 16.1 Å². The van der Waals surface area contributed by atoms with Gasteiger partial charge < -0.3 is 15.2 Å². The molecule has 3 atom stereocenters. The number of hydrogen-bond donors (Lipinski definition) is 4. The Hall–Kier alpha value is -2.83. The van der Waals surface area contributed by atoms with Gasteiger partial charge in [0.1, 0.15) is 5.37 Å². The third-order valence-electron chi connectivity index (χ3n) is 6.57. The van der Waals surface area contributed by atoms with Gasteiger partial charge >= 0.3 is 0 Å². The molecular weight excluding hydrogens is 556 g/mol. The lowest BCUT2D eigenvalue weighted by Gasteiger charge is -2.37. The van der Waals surface area contributed by atoms with Crippen molar-refractivity contribution in [2.75, 3.05) is 33.4 Å². The Bertz CT molecular complexity index is 1200. The van der Waals surface area contributed by atoms with Crippen LogP contribution in [0.3, 0.4) is 0 Å². The molecule has 2 amide bonds. The molecule has 0 fully saturated rings. The molecule has 0 saturated heterocycles. The van der Waals surface area contributed by atoms with E-state index in [-0.39, 0.29) is 48.1 Å². The van der Waals surface area contributed by atoms with Crippen molar-refractivity contribution in [3.05, 3.63) is 66.2 Å². The topological polar surface area (TPSA) is 137 Å². The van der Waals surface area contributed by atoms with Gasteiger partial charge in [0.2, 0.25) is 5.91 Å². The lowest BCUT2D eigenvalue weighted by atomic mass is 9.91. The zero-order valence-electron chi connectivity index (χ0n) is 25.7. The highest BCUT2D eigenvalue weighted by molar-refractivity contribution is 7.92. The number of nitrogens with zero attached hydrogens (tertiary/aromatic N) is 1. The maximum Gasteiger partial charge on any atom is 0.252 e. The van der Waals surface area contributed by atoms with Gasteiger partial charge in [0.25, 0.3) is 5.91 Å². The third kappa shape index (κ3) is 11.4. The van der Waals surface area contributed by atoms with Gasteiger partial charge in [0.05, 0.1) is 30.2 Å². The minimum Gasteiger partial charge on any atom is -0.390 e. The van der Waals surface area contributed by atoms with Gasteiger partial charge in [-0.15, -0.1) is 0 Å². The number of rotatable bonds is 16. The van der Waals surface area contributed by atoms with Gasteiger partial charge in [-0.2, -0.15) is 0 Å². The van der Waals surface area contributed by atoms with E-state index >= 15 is 0 Å². The van der Waals surface area contributed by atoms with Crippen LogP contribution in [0, 0.1) is 11.3 Å². The number of ether oxygens (including phenoxy) is 1. The lowest BCUT2D eigenvalue weighted by Crippen LogP contribution is -2.60. The number of hydrogen-bond acceptors (Lipinski definition) is 8. The van der Waals surface area contributed by atoms with Crippen LogP contribution in [-0.2, 0) is 30.6 Å². The zero-order chi connectivity index (χ0) is 31.3. The summed E-state index contributed by atoms with van der Waals surface area (Å²) in [6, 6.07) is 16.6. The molecule has 0 aliphatic heterocycles. The summed E-state index contributed by atoms with van der Waals surface area (Å²) < 4.78 is 31.9. The minimum absolute atomic E-state index is 0.0558. The number of aliphatic hydroxyl groups excluding tert-OH is 1. The molecule has 2 aromatic carbocycles. The molecule has 10 nitrogen and oxygen atoms in total. The Morgan fingerprint density at radius 3 is 2.14 bits per heavy atom. The highest BCUT2D eigenvalue weighted by Crippen LogP contribution is 2.23. The van der Waals surface area contributed by atoms with Crippen LogP contribution in [0.2, 0.25) is 0 Å². The fourth-order valence-electron chi connectivity index (χ4n) is 4.51. The van der Waals surface area contributed by atoms with Crippen molar-refractivity contribution >= 4 is 21.7 Å². The highest BCUT2D eigenvalue weighted by atomic mass is 32.2. The maximum absolute atomic E-state index is 13.6. The molecule has 0 aromatic heterocycles. The van der Waals surface area contributed by atoms with E-state index in [1.54, 1.807) is 51.3 Å². The maximum atomic E-state index is 13.6. The van der Waals surface area contributed by atoms with Crippen molar-refractivity contribution in [2.45, 2.75) is 69.9 Å². The van der Waals surface area contributed by atoms with Crippen LogP contribution in [-0.4, -0.2) is 81.2 Å². The second-order valence-electron chi connectivity index (χ2n) is 12.0. The van der Waals surface area contributed by atoms with Crippen LogP contribution in [0.1, 0.15) is 46.6 Å². The minimum atomic E-state index is -3.77. The van der Waals surface area contributed by atoms with E-state index in [1.807, 2.05) is 51.1 Å². The van der Waals surface area contributed by atoms with Crippen molar-refractivity contribution in [3.8, 4) is 0 Å². The summed E-state index contributed by atoms with van der Waals surface area (Å²) in [6.07, 6.45) is -0.871. The van der Waals surface area contributed by atoms with Gasteiger partial charge in [-0.05, 0) is 35.4 Å². The third-order valence-corrected chi connectivity index (χ3v) is 8.88. The van der Waals surface area contributed by atoms with Crippen LogP contribution >= 0.6 is 0 Å². The van der Waals surface area contributed by atoms with E-state index in [0.717, 1.165) is 5.56 Å². The van der Waals surface area contributed by atoms with Crippen LogP contribution in [0.5, 0.6) is 0 Å². The van der Waals surface area contributed by atoms with Crippen LogP contribution in [0.25, 0.3) is 0 Å². The number of carbonyl (C=O) groups is 2. The van der Waals surface area contributed by atoms with E-state index in [1.165, 1.54) is 5.01 Å². The molecule has 42 heavy (non-hydrogen) atoms. The molecule has 0 aliphatic carbocycles. The Kier molecular flexibility index (Phi) is 14.1. The van der Waals surface area contributed by atoms with Gasteiger partial charge in [-0.1, -0.05) is 83.1 Å². The van der Waals surface area contributed by atoms with Gasteiger partial charge in [0.15, 0.2) is 9.84 Å². The summed E-state index contributed by atoms with van der Waals surface area (Å²) in [6.45, 7) is 10.0. The summed E-state index contributed by atoms with van der Waals surface area (Å²) in [7, 11) is -2.20. The Labute approximate surface area is 251 Å². The SMILES string of the molecule is COCCNCC(=O)NN(C(=O)CC(C)(C)C)[C@@H](Cc1ccccc1)[C@H](O)CNC(C(C)C)S(=O)(=O)c1ccccc1. The predicted molar refractivity (Wildman–Crippen MR) is 164 cm³/mol. The van der Waals surface area contributed by atoms with Gasteiger partial charge in [-0.25, -0.2) is 13.4 Å². The quantitative estimate of drug-likeness (QED) is 0.170. The number of hydrazine groups is 1. The number of nitrogens with one attached hydrogen (secondary N) is 3. The zero-order valence-corrected chi connectivity index (χ0v) is 26.5. The van der Waals surface area contributed by atoms with E-state index in [4.69, 9.17) is 4.74 Å². The normalized spacial score (nSPS) is 14.3. The first-order valence-electron chi connectivity index (χ1n) is 14.3. The first-order chi connectivity index (χ1) is 19.8. The molecule has 0 saturated carbocycles. The number of sulfone groups is 1. The van der Waals surface area contributed by atoms with Gasteiger partial charge in [-0.3, -0.25) is 20.3 Å².